The smallest absolute Gasteiger partial charge is 0.457 e. The van der Waals surface area contributed by atoms with Gasteiger partial charge < -0.3 is 164 Å². The predicted molar refractivity (Wildman–Crippen MR) is 303 cm³/mol. The van der Waals surface area contributed by atoms with E-state index in [1.54, 1.807) is 39.3 Å². The molecule has 79 heteroatoms. The fraction of sp³-hybridized carbons (Fsp3) is 1.00. The molecule has 0 fully saturated rings. The van der Waals surface area contributed by atoms with Crippen LogP contribution in [0.15, 0.2) is 0 Å². The lowest BCUT2D eigenvalue weighted by Gasteiger charge is -2.20. The highest BCUT2D eigenvalue weighted by Crippen LogP contribution is 2.05. The zero-order valence-corrected chi connectivity index (χ0v) is 83.8. The van der Waals surface area contributed by atoms with Crippen LogP contribution in [0.25, 0.3) is 0 Å². The molecule has 0 aliphatic heterocycles. The number of rotatable bonds is 40. The fourth-order valence-electron chi connectivity index (χ4n) is 4.55. The van der Waals surface area contributed by atoms with E-state index >= 15 is 0 Å². The third-order valence-corrected chi connectivity index (χ3v) is 303. The first-order chi connectivity index (χ1) is 38.9. The Morgan fingerprint density at radius 3 is 0.500 bits per heavy atom. The molecule has 86 heavy (non-hydrogen) atoms. The summed E-state index contributed by atoms with van der Waals surface area (Å²) >= 11 is 0. The third-order valence-electron chi connectivity index (χ3n) is 8.61. The molecule has 0 rings (SSSR count). The van der Waals surface area contributed by atoms with Crippen LogP contribution in [0.4, 0.5) is 0 Å². The molecule has 0 radical (unpaired) electrons. The third kappa shape index (κ3) is 26.1. The first-order valence-corrected chi connectivity index (χ1v) is 118. The average molecular weight is 1860 g/mol. The van der Waals surface area contributed by atoms with Crippen molar-refractivity contribution in [3.05, 3.63) is 0 Å². The Labute approximate surface area is 527 Å². The Kier molecular flexibility index (Phi) is 41.4. The normalized spacial score (nSPS) is 10.8. The predicted octanol–water partition coefficient (Wildman–Crippen LogP) is -16.5. The maximum atomic E-state index is 12.8. The molecule has 0 saturated heterocycles. The van der Waals surface area contributed by atoms with Crippen molar-refractivity contribution in [2.24, 2.45) is 0 Å². The van der Waals surface area contributed by atoms with Crippen molar-refractivity contribution in [2.45, 2.75) is 45.8 Å². The molecule has 0 aromatic rings. The molecular weight excluding hydrogens is 1830 g/mol. The van der Waals surface area contributed by atoms with Crippen LogP contribution < -0.4 is 0 Å². The molecule has 0 N–H and O–H groups in total. The number of hydrogen-bond donors (Lipinski definition) is 0. The van der Waals surface area contributed by atoms with Gasteiger partial charge in [-0.1, -0.05) is 0 Å². The summed E-state index contributed by atoms with van der Waals surface area (Å²) in [5.41, 5.74) is 0. The van der Waals surface area contributed by atoms with Gasteiger partial charge in [0.15, 0.2) is 16.6 Å². The lowest BCUT2D eigenvalue weighted by atomic mass is 11.8. The van der Waals surface area contributed by atoms with Crippen LogP contribution in [-0.4, -0.2) is 314 Å². The Morgan fingerprint density at radius 2 is 0.372 bits per heavy atom. The van der Waals surface area contributed by atoms with E-state index in [9.17, 15) is 156 Å². The van der Waals surface area contributed by atoms with Crippen molar-refractivity contribution < 1.29 is 173 Å². The van der Waals surface area contributed by atoms with Gasteiger partial charge in [-0.25, -0.2) is 0 Å². The Morgan fingerprint density at radius 1 is 0.244 bits per heavy atom. The highest BCUT2D eigenvalue weighted by molar-refractivity contribution is 7.85. The molecule has 0 bridgehead atoms. The maximum Gasteiger partial charge on any atom is 0.549 e. The summed E-state index contributed by atoms with van der Waals surface area (Å²) in [4.78, 5) is 0. The highest BCUT2D eigenvalue weighted by Gasteiger charge is 2.59. The van der Waals surface area contributed by atoms with E-state index in [-0.39, 0.29) is 0 Å². The summed E-state index contributed by atoms with van der Waals surface area (Å²) in [6.45, 7) is 11.3. The van der Waals surface area contributed by atoms with Crippen LogP contribution in [0.5, 0.6) is 0 Å². The Balaban J connectivity index is 0. The van der Waals surface area contributed by atoms with E-state index < -0.39 is 314 Å². The van der Waals surface area contributed by atoms with E-state index in [1.807, 2.05) is 0 Å². The fourth-order valence-corrected chi connectivity index (χ4v) is 446. The van der Waals surface area contributed by atoms with Crippen LogP contribution in [-0.2, 0) is 173 Å². The highest BCUT2D eigenvalue weighted by atomic mass is 30.1. The second-order valence-electron chi connectivity index (χ2n) is 17.0. The lowest BCUT2D eigenvalue weighted by molar-refractivity contribution is 0.497. The second kappa shape index (κ2) is 39.9. The van der Waals surface area contributed by atoms with Crippen molar-refractivity contribution in [2.75, 3.05) is 0 Å². The van der Waals surface area contributed by atoms with E-state index in [2.05, 4.69) is 0 Å². The molecule has 0 aliphatic rings. The molecule has 0 aliphatic carbocycles. The minimum absolute atomic E-state index is 1.33. The van der Waals surface area contributed by atoms with Crippen molar-refractivity contribution >= 4 is 314 Å². The van der Waals surface area contributed by atoms with Crippen LogP contribution >= 0.6 is 0 Å². The zero-order chi connectivity index (χ0) is 68.6. The van der Waals surface area contributed by atoms with Gasteiger partial charge in [0, 0.05) is 0 Å². The van der Waals surface area contributed by atoms with Gasteiger partial charge in [-0.3, -0.25) is 8.92 Å². The van der Waals surface area contributed by atoms with Gasteiger partial charge in [-0.2, -0.15) is 0 Å². The SMILES string of the molecule is C[SiH](O[Si](C)(C)C)[Si](=O)[Si](=O)[Si](=O)[Si](=O)[Si](=O)[Si](=O)[Si](=O)[Si](=O)[Si](=O)[Si](=O)[Si](=O)[Si](=O)[Si](=O)[Si](=O)[Si](=O)[Si](=O)[Si](=O)[Si](=O)[Si](=O)[Si](=O)[Si](=O)[Si](=O)[Si](=O)[Si](=O)[Si](=O)[Si](=O)[Si](=O)[Si](=O)[Si](=O)[Si](=O)[Si](=O)[Si](=O)[Si](=O)[Si](=O)[Si](=O)[SiH2]O[Si](C)(C)C.O=[Si]=O. The van der Waals surface area contributed by atoms with Gasteiger partial charge in [-0.15, -0.1) is 0 Å². The molecule has 39 nitrogen and oxygen atoms in total. The molecule has 446 valence electrons. The van der Waals surface area contributed by atoms with Crippen molar-refractivity contribution in [3.63, 3.8) is 0 Å². The minimum Gasteiger partial charge on any atom is -0.457 e. The maximum absolute atomic E-state index is 12.8. The first-order valence-electron chi connectivity index (χ1n) is 21.2. The Bertz CT molecular complexity index is 3630. The first kappa shape index (κ1) is 89.3. The van der Waals surface area contributed by atoms with Gasteiger partial charge >= 0.3 is 279 Å². The molecule has 0 amide bonds. The molecule has 0 aromatic carbocycles. The van der Waals surface area contributed by atoms with Crippen LogP contribution in [0.1, 0.15) is 0 Å². The summed E-state index contributed by atoms with van der Waals surface area (Å²) in [5, 5.41) is 0. The van der Waals surface area contributed by atoms with E-state index in [4.69, 9.17) is 17.2 Å². The topological polar surface area (TPSA) is 650 Å². The number of hydrogen-bond acceptors (Lipinski definition) is 39. The summed E-state index contributed by atoms with van der Waals surface area (Å²) in [6, 6.07) is 0. The quantitative estimate of drug-likeness (QED) is 0.0514. The van der Waals surface area contributed by atoms with Gasteiger partial charge in [0.25, 0.3) is 0 Å². The molecule has 1 atom stereocenters. The molecule has 0 heterocycles. The zero-order valence-electron chi connectivity index (χ0n) is 43.2. The molecule has 0 spiro atoms. The van der Waals surface area contributed by atoms with Crippen LogP contribution in [0.3, 0.4) is 0 Å². The lowest BCUT2D eigenvalue weighted by Crippen LogP contribution is -2.58. The van der Waals surface area contributed by atoms with Crippen molar-refractivity contribution in [3.8, 4) is 0 Å². The second-order valence-corrected chi connectivity index (χ2v) is 206. The van der Waals surface area contributed by atoms with Crippen molar-refractivity contribution in [1.82, 2.24) is 0 Å². The van der Waals surface area contributed by atoms with Crippen LogP contribution in [0.2, 0.25) is 45.8 Å². The molecule has 0 saturated carbocycles. The van der Waals surface area contributed by atoms with Gasteiger partial charge in [-0.05, 0) is 45.8 Å². The van der Waals surface area contributed by atoms with Gasteiger partial charge in [0.05, 0.1) is 0 Å². The largest absolute Gasteiger partial charge is 0.549 e. The Hall–Kier alpha value is 1.20. The van der Waals surface area contributed by atoms with Gasteiger partial charge in [0.1, 0.15) is 0 Å². The monoisotopic (exact) mass is 1850 g/mol. The summed E-state index contributed by atoms with van der Waals surface area (Å²) in [7, 11) is -168. The van der Waals surface area contributed by atoms with Crippen molar-refractivity contribution in [1.29, 1.82) is 0 Å². The van der Waals surface area contributed by atoms with E-state index in [0.29, 0.717) is 0 Å². The summed E-state index contributed by atoms with van der Waals surface area (Å²) in [6.07, 6.45) is 0. The minimum atomic E-state index is -4.79. The summed E-state index contributed by atoms with van der Waals surface area (Å²) in [5.74, 6) is 0. The van der Waals surface area contributed by atoms with Gasteiger partial charge in [0.2, 0.25) is 17.8 Å². The average Bonchev–Trinajstić information content (AvgIpc) is 1.91. The van der Waals surface area contributed by atoms with E-state index in [0.717, 1.165) is 0 Å². The van der Waals surface area contributed by atoms with E-state index in [1.165, 1.54) is 6.55 Å². The summed E-state index contributed by atoms with van der Waals surface area (Å²) < 4.78 is 473. The standard InChI is InChI=1S/C7H24O37Si39.O2Si/c1-46(44-83(5,6)7)48(9)50(11)52(13)54(15)56(17)58(19)60(21)62(23)64(25)66(27)68(29)70(31)72(33)74(35)76(37)78(39)80(41)81(42)79(40)77(38)75(36)73(34)71(32)69(30)67(28)65(26)63(24)61(22)59(20)57(18)55(16)53(14)51(12)49(10)47(8)45-43-82(2,3)4;1-3-2/h46H,45H2,1-7H3;. The molecule has 1 unspecified atom stereocenters. The molecular formula is C7H24O39Si40. The molecule has 0 aromatic heterocycles. The van der Waals surface area contributed by atoms with Crippen LogP contribution in [0, 0.1) is 0 Å².